The molecule has 1 saturated heterocycles. The van der Waals surface area contributed by atoms with Crippen molar-refractivity contribution in [3.8, 4) is 11.8 Å². The molecule has 1 heterocycles. The van der Waals surface area contributed by atoms with Crippen molar-refractivity contribution in [3.63, 3.8) is 0 Å². The Morgan fingerprint density at radius 2 is 1.69 bits per heavy atom. The van der Waals surface area contributed by atoms with E-state index in [9.17, 15) is 14.7 Å². The monoisotopic (exact) mass is 480 g/mol. The number of benzene rings is 3. The van der Waals surface area contributed by atoms with Gasteiger partial charge in [0.15, 0.2) is 0 Å². The first kappa shape index (κ1) is 24.7. The summed E-state index contributed by atoms with van der Waals surface area (Å²) in [5, 5.41) is 20.7. The summed E-state index contributed by atoms with van der Waals surface area (Å²) in [6.07, 6.45) is 0. The molecule has 0 saturated carbocycles. The third-order valence-electron chi connectivity index (χ3n) is 6.20. The average molecular weight is 481 g/mol. The molecule has 182 valence electrons. The maximum atomic E-state index is 13.4. The average Bonchev–Trinajstić information content (AvgIpc) is 3.14. The minimum Gasteiger partial charge on any atom is -0.507 e. The predicted molar refractivity (Wildman–Crippen MR) is 139 cm³/mol. The van der Waals surface area contributed by atoms with Crippen LogP contribution in [0.2, 0.25) is 0 Å². The molecule has 0 bridgehead atoms. The predicted octanol–water partition coefficient (Wildman–Crippen LogP) is 5.88. The summed E-state index contributed by atoms with van der Waals surface area (Å²) in [6.45, 7) is 8.54. The first-order chi connectivity index (χ1) is 17.2. The SMILES string of the molecule is CCOc1ccc(/C(O)=C2/C(=O)C(=O)N(c3ccc(C#N)cc3)C2c2ccccc2)cc1C(C)(C)C. The summed E-state index contributed by atoms with van der Waals surface area (Å²) in [4.78, 5) is 28.1. The molecule has 36 heavy (non-hydrogen) atoms. The lowest BCUT2D eigenvalue weighted by atomic mass is 9.84. The van der Waals surface area contributed by atoms with Gasteiger partial charge in [-0.2, -0.15) is 5.26 Å². The molecule has 4 rings (SSSR count). The highest BCUT2D eigenvalue weighted by Crippen LogP contribution is 2.43. The van der Waals surface area contributed by atoms with Gasteiger partial charge >= 0.3 is 0 Å². The molecule has 3 aromatic carbocycles. The lowest BCUT2D eigenvalue weighted by Gasteiger charge is -2.26. The van der Waals surface area contributed by atoms with E-state index in [1.807, 2.05) is 64.1 Å². The van der Waals surface area contributed by atoms with E-state index in [1.165, 1.54) is 4.90 Å². The fourth-order valence-electron chi connectivity index (χ4n) is 4.45. The number of ketones is 1. The number of nitriles is 1. The molecule has 0 aliphatic carbocycles. The third kappa shape index (κ3) is 4.48. The molecule has 1 aliphatic rings. The Labute approximate surface area is 211 Å². The number of amides is 1. The summed E-state index contributed by atoms with van der Waals surface area (Å²) < 4.78 is 5.80. The van der Waals surface area contributed by atoms with Crippen LogP contribution in [0.3, 0.4) is 0 Å². The molecule has 1 unspecified atom stereocenters. The maximum absolute atomic E-state index is 13.4. The Morgan fingerprint density at radius 1 is 1.03 bits per heavy atom. The van der Waals surface area contributed by atoms with Crippen molar-refractivity contribution < 1.29 is 19.4 Å². The zero-order valence-corrected chi connectivity index (χ0v) is 20.8. The van der Waals surface area contributed by atoms with Crippen LogP contribution in [0.4, 0.5) is 5.69 Å². The molecule has 6 nitrogen and oxygen atoms in total. The van der Waals surface area contributed by atoms with Gasteiger partial charge in [0, 0.05) is 16.8 Å². The summed E-state index contributed by atoms with van der Waals surface area (Å²) in [7, 11) is 0. The summed E-state index contributed by atoms with van der Waals surface area (Å²) in [5.74, 6) is -1.04. The smallest absolute Gasteiger partial charge is 0.300 e. The van der Waals surface area contributed by atoms with Gasteiger partial charge in [0.05, 0.1) is 29.9 Å². The standard InChI is InChI=1S/C30H28N2O4/c1-5-36-24-16-13-21(17-23(24)30(2,3)4)27(33)25-26(20-9-7-6-8-10-20)32(29(35)28(25)34)22-14-11-19(18-31)12-15-22/h6-17,26,33H,5H2,1-4H3/b27-25-. The fourth-order valence-corrected chi connectivity index (χ4v) is 4.45. The van der Waals surface area contributed by atoms with Gasteiger partial charge in [-0.1, -0.05) is 51.1 Å². The minimum absolute atomic E-state index is 0.0135. The van der Waals surface area contributed by atoms with Gasteiger partial charge in [0.25, 0.3) is 11.7 Å². The number of rotatable bonds is 5. The second-order valence-electron chi connectivity index (χ2n) is 9.63. The Morgan fingerprint density at radius 3 is 2.28 bits per heavy atom. The summed E-state index contributed by atoms with van der Waals surface area (Å²) >= 11 is 0. The Kier molecular flexibility index (Phi) is 6.67. The van der Waals surface area contributed by atoms with Gasteiger partial charge in [-0.25, -0.2) is 0 Å². The van der Waals surface area contributed by atoms with Crippen LogP contribution in [0.15, 0.2) is 78.4 Å². The van der Waals surface area contributed by atoms with Crippen molar-refractivity contribution in [2.75, 3.05) is 11.5 Å². The van der Waals surface area contributed by atoms with E-state index in [-0.39, 0.29) is 16.7 Å². The zero-order valence-electron chi connectivity index (χ0n) is 20.8. The Hall–Kier alpha value is -4.37. The first-order valence-electron chi connectivity index (χ1n) is 11.8. The van der Waals surface area contributed by atoms with Crippen LogP contribution in [0.25, 0.3) is 5.76 Å². The van der Waals surface area contributed by atoms with Crippen LogP contribution in [-0.2, 0) is 15.0 Å². The van der Waals surface area contributed by atoms with Gasteiger partial charge < -0.3 is 9.84 Å². The molecule has 1 N–H and O–H groups in total. The van der Waals surface area contributed by atoms with Crippen LogP contribution in [0, 0.1) is 11.3 Å². The number of ether oxygens (including phenoxy) is 1. The van der Waals surface area contributed by atoms with Crippen molar-refractivity contribution in [1.29, 1.82) is 5.26 Å². The number of aliphatic hydroxyl groups excluding tert-OH is 1. The third-order valence-corrected chi connectivity index (χ3v) is 6.20. The Bertz CT molecular complexity index is 1380. The van der Waals surface area contributed by atoms with E-state index in [0.717, 1.165) is 5.56 Å². The number of Topliss-reactive ketones (excluding diaryl/α,β-unsaturated/α-hetero) is 1. The largest absolute Gasteiger partial charge is 0.507 e. The molecular formula is C30H28N2O4. The quantitative estimate of drug-likeness (QED) is 0.280. The topological polar surface area (TPSA) is 90.6 Å². The highest BCUT2D eigenvalue weighted by atomic mass is 16.5. The van der Waals surface area contributed by atoms with E-state index in [1.54, 1.807) is 36.4 Å². The first-order valence-corrected chi connectivity index (χ1v) is 11.8. The number of carbonyl (C=O) groups excluding carboxylic acids is 2. The van der Waals surface area contributed by atoms with Crippen LogP contribution >= 0.6 is 0 Å². The number of nitrogens with zero attached hydrogens (tertiary/aromatic N) is 2. The van der Waals surface area contributed by atoms with Crippen molar-refractivity contribution in [2.24, 2.45) is 0 Å². The molecule has 1 amide bonds. The van der Waals surface area contributed by atoms with Crippen LogP contribution < -0.4 is 9.64 Å². The fraction of sp³-hybridized carbons (Fsp3) is 0.233. The van der Waals surface area contributed by atoms with Crippen LogP contribution in [-0.4, -0.2) is 23.4 Å². The number of aliphatic hydroxyl groups is 1. The second kappa shape index (κ2) is 9.71. The van der Waals surface area contributed by atoms with Crippen LogP contribution in [0.5, 0.6) is 5.75 Å². The van der Waals surface area contributed by atoms with E-state index < -0.39 is 17.7 Å². The molecule has 1 aliphatic heterocycles. The molecule has 0 spiro atoms. The number of hydrogen-bond donors (Lipinski definition) is 1. The second-order valence-corrected chi connectivity index (χ2v) is 9.63. The van der Waals surface area contributed by atoms with Crippen LogP contribution in [0.1, 0.15) is 56.0 Å². The molecular weight excluding hydrogens is 452 g/mol. The molecule has 1 fully saturated rings. The lowest BCUT2D eigenvalue weighted by molar-refractivity contribution is -0.132. The number of anilines is 1. The molecule has 0 radical (unpaired) electrons. The normalized spacial score (nSPS) is 17.2. The maximum Gasteiger partial charge on any atom is 0.300 e. The van der Waals surface area contributed by atoms with Gasteiger partial charge in [0.1, 0.15) is 11.5 Å². The lowest BCUT2D eigenvalue weighted by Crippen LogP contribution is -2.29. The molecule has 3 aromatic rings. The summed E-state index contributed by atoms with van der Waals surface area (Å²) in [5.41, 5.74) is 2.63. The molecule has 1 atom stereocenters. The van der Waals surface area contributed by atoms with Crippen molar-refractivity contribution in [1.82, 2.24) is 0 Å². The molecule has 6 heteroatoms. The van der Waals surface area contributed by atoms with E-state index in [4.69, 9.17) is 10.00 Å². The van der Waals surface area contributed by atoms with E-state index >= 15 is 0 Å². The van der Waals surface area contributed by atoms with E-state index in [2.05, 4.69) is 6.07 Å². The highest BCUT2D eigenvalue weighted by molar-refractivity contribution is 6.51. The van der Waals surface area contributed by atoms with Gasteiger partial charge in [-0.15, -0.1) is 0 Å². The van der Waals surface area contributed by atoms with E-state index in [0.29, 0.717) is 34.7 Å². The zero-order chi connectivity index (χ0) is 26.0. The summed E-state index contributed by atoms with van der Waals surface area (Å²) in [6, 6.07) is 22.1. The highest BCUT2D eigenvalue weighted by Gasteiger charge is 2.47. The van der Waals surface area contributed by atoms with Crippen molar-refractivity contribution in [2.45, 2.75) is 39.2 Å². The van der Waals surface area contributed by atoms with Crippen molar-refractivity contribution >= 4 is 23.1 Å². The van der Waals surface area contributed by atoms with Gasteiger partial charge in [-0.3, -0.25) is 14.5 Å². The molecule has 0 aromatic heterocycles. The Balaban J connectivity index is 1.92. The van der Waals surface area contributed by atoms with Gasteiger partial charge in [0.2, 0.25) is 0 Å². The number of hydrogen-bond acceptors (Lipinski definition) is 5. The van der Waals surface area contributed by atoms with Crippen molar-refractivity contribution in [3.05, 3.63) is 101 Å². The number of carbonyl (C=O) groups is 2. The van der Waals surface area contributed by atoms with Gasteiger partial charge in [-0.05, 0) is 60.4 Å². The minimum atomic E-state index is -0.830.